The molecule has 2 aromatic carbocycles. The minimum Gasteiger partial charge on any atom is -0.504 e. The molecule has 0 aromatic heterocycles. The van der Waals surface area contributed by atoms with Gasteiger partial charge in [-0.25, -0.2) is 4.79 Å². The molecule has 1 aliphatic rings. The van der Waals surface area contributed by atoms with Crippen molar-refractivity contribution < 1.29 is 24.5 Å². The van der Waals surface area contributed by atoms with Gasteiger partial charge in [0.2, 0.25) is 0 Å². The minimum atomic E-state index is -0.364. The van der Waals surface area contributed by atoms with Crippen molar-refractivity contribution in [1.82, 2.24) is 4.90 Å². The van der Waals surface area contributed by atoms with Crippen LogP contribution in [0.3, 0.4) is 0 Å². The normalized spacial score (nSPS) is 18.0. The topological polar surface area (TPSA) is 79.2 Å². The number of benzene rings is 2. The van der Waals surface area contributed by atoms with Crippen molar-refractivity contribution in [2.45, 2.75) is 25.5 Å². The number of ether oxygens (including phenoxy) is 2. The number of carbonyl (C=O) groups excluding carboxylic acids is 1. The maximum atomic E-state index is 12.1. The van der Waals surface area contributed by atoms with Gasteiger partial charge in [0.15, 0.2) is 17.6 Å². The Morgan fingerprint density at radius 1 is 1.20 bits per heavy atom. The zero-order chi connectivity index (χ0) is 17.8. The Hall–Kier alpha value is -2.89. The first-order valence-corrected chi connectivity index (χ1v) is 8.19. The fourth-order valence-electron chi connectivity index (χ4n) is 2.84. The lowest BCUT2D eigenvalue weighted by Gasteiger charge is -2.22. The number of phenols is 2. The van der Waals surface area contributed by atoms with Crippen LogP contribution in [0.2, 0.25) is 0 Å². The fraction of sp³-hybridized carbons (Fsp3) is 0.316. The number of nitrogens with zero attached hydrogens (tertiary/aromatic N) is 1. The predicted octanol–water partition coefficient (Wildman–Crippen LogP) is 2.93. The lowest BCUT2D eigenvalue weighted by Crippen LogP contribution is -2.36. The van der Waals surface area contributed by atoms with Crippen LogP contribution >= 0.6 is 0 Å². The first kappa shape index (κ1) is 17.0. The predicted molar refractivity (Wildman–Crippen MR) is 91.8 cm³/mol. The van der Waals surface area contributed by atoms with Gasteiger partial charge in [-0.05, 0) is 43.2 Å². The number of cyclic esters (lactones) is 1. The van der Waals surface area contributed by atoms with Crippen LogP contribution in [0.15, 0.2) is 48.5 Å². The number of phenolic OH excluding ortho intramolecular Hbond substituents is 2. The van der Waals surface area contributed by atoms with Crippen LogP contribution in [0.1, 0.15) is 12.5 Å². The summed E-state index contributed by atoms with van der Waals surface area (Å²) < 4.78 is 11.0. The van der Waals surface area contributed by atoms with Gasteiger partial charge in [0.1, 0.15) is 12.4 Å². The molecule has 1 saturated heterocycles. The summed E-state index contributed by atoms with van der Waals surface area (Å²) >= 11 is 0. The van der Waals surface area contributed by atoms with E-state index in [1.54, 1.807) is 11.0 Å². The smallest absolute Gasteiger partial charge is 0.410 e. The molecular formula is C19H21NO5. The average Bonchev–Trinajstić information content (AvgIpc) is 2.98. The van der Waals surface area contributed by atoms with Gasteiger partial charge >= 0.3 is 6.09 Å². The summed E-state index contributed by atoms with van der Waals surface area (Å²) in [6.07, 6.45) is -0.129. The van der Waals surface area contributed by atoms with E-state index in [1.807, 2.05) is 37.3 Å². The second-order valence-corrected chi connectivity index (χ2v) is 6.16. The lowest BCUT2D eigenvalue weighted by molar-refractivity contribution is 0.102. The van der Waals surface area contributed by atoms with Gasteiger partial charge in [0, 0.05) is 6.04 Å². The highest BCUT2D eigenvalue weighted by Gasteiger charge is 2.34. The van der Waals surface area contributed by atoms with E-state index in [0.29, 0.717) is 19.6 Å². The molecule has 6 heteroatoms. The van der Waals surface area contributed by atoms with Crippen molar-refractivity contribution in [3.05, 3.63) is 54.1 Å². The number of carbonyl (C=O) groups is 1. The molecule has 1 heterocycles. The highest BCUT2D eigenvalue weighted by Crippen LogP contribution is 2.26. The number of para-hydroxylation sites is 1. The molecule has 1 aliphatic heterocycles. The first-order valence-electron chi connectivity index (χ1n) is 8.19. The Bertz CT molecular complexity index is 734. The summed E-state index contributed by atoms with van der Waals surface area (Å²) in [7, 11) is 0. The Morgan fingerprint density at radius 2 is 1.96 bits per heavy atom. The molecule has 0 saturated carbocycles. The van der Waals surface area contributed by atoms with Crippen molar-refractivity contribution in [3.63, 3.8) is 0 Å². The molecule has 0 spiro atoms. The van der Waals surface area contributed by atoms with E-state index in [0.717, 1.165) is 11.3 Å². The van der Waals surface area contributed by atoms with Crippen molar-refractivity contribution >= 4 is 6.09 Å². The maximum absolute atomic E-state index is 12.1. The Kier molecular flexibility index (Phi) is 4.97. The Morgan fingerprint density at radius 3 is 2.68 bits per heavy atom. The van der Waals surface area contributed by atoms with E-state index < -0.39 is 0 Å². The van der Waals surface area contributed by atoms with Gasteiger partial charge in [0.05, 0.1) is 6.54 Å². The second-order valence-electron chi connectivity index (χ2n) is 6.16. The van der Waals surface area contributed by atoms with Crippen molar-refractivity contribution in [2.75, 3.05) is 13.2 Å². The fourth-order valence-corrected chi connectivity index (χ4v) is 2.84. The average molecular weight is 343 g/mol. The van der Waals surface area contributed by atoms with Gasteiger partial charge in [-0.3, -0.25) is 0 Å². The molecule has 2 unspecified atom stereocenters. The highest BCUT2D eigenvalue weighted by atomic mass is 16.6. The van der Waals surface area contributed by atoms with Crippen LogP contribution in [0.4, 0.5) is 4.79 Å². The molecule has 2 atom stereocenters. The summed E-state index contributed by atoms with van der Waals surface area (Å²) in [5, 5.41) is 18.9. The lowest BCUT2D eigenvalue weighted by atomic mass is 10.1. The van der Waals surface area contributed by atoms with Crippen LogP contribution in [0, 0.1) is 0 Å². The van der Waals surface area contributed by atoms with Gasteiger partial charge < -0.3 is 24.6 Å². The highest BCUT2D eigenvalue weighted by molar-refractivity contribution is 5.70. The second kappa shape index (κ2) is 7.34. The third-order valence-electron chi connectivity index (χ3n) is 4.18. The summed E-state index contributed by atoms with van der Waals surface area (Å²) in [6, 6.07) is 14.0. The molecule has 6 nitrogen and oxygen atoms in total. The van der Waals surface area contributed by atoms with Crippen LogP contribution < -0.4 is 4.74 Å². The van der Waals surface area contributed by atoms with Crippen LogP contribution in [-0.4, -0.2) is 46.5 Å². The molecule has 2 N–H and O–H groups in total. The summed E-state index contributed by atoms with van der Waals surface area (Å²) in [5.41, 5.74) is 0.833. The van der Waals surface area contributed by atoms with Gasteiger partial charge in [-0.15, -0.1) is 0 Å². The molecule has 0 radical (unpaired) electrons. The van der Waals surface area contributed by atoms with E-state index in [2.05, 4.69) is 0 Å². The Labute approximate surface area is 146 Å². The van der Waals surface area contributed by atoms with Crippen molar-refractivity contribution in [1.29, 1.82) is 0 Å². The van der Waals surface area contributed by atoms with Crippen molar-refractivity contribution in [2.24, 2.45) is 0 Å². The number of rotatable bonds is 6. The number of aromatic hydroxyl groups is 2. The third kappa shape index (κ3) is 4.15. The zero-order valence-electron chi connectivity index (χ0n) is 14.0. The largest absolute Gasteiger partial charge is 0.504 e. The van der Waals surface area contributed by atoms with E-state index in [1.165, 1.54) is 12.1 Å². The molecule has 132 valence electrons. The quantitative estimate of drug-likeness (QED) is 0.789. The minimum absolute atomic E-state index is 0.0989. The third-order valence-corrected chi connectivity index (χ3v) is 4.18. The number of hydrogen-bond donors (Lipinski definition) is 2. The zero-order valence-corrected chi connectivity index (χ0v) is 14.0. The van der Waals surface area contributed by atoms with Gasteiger partial charge in [0.25, 0.3) is 0 Å². The molecule has 2 aromatic rings. The summed E-state index contributed by atoms with van der Waals surface area (Å²) in [6.45, 7) is 2.68. The number of amides is 1. The van der Waals surface area contributed by atoms with E-state index >= 15 is 0 Å². The first-order chi connectivity index (χ1) is 12.0. The summed E-state index contributed by atoms with van der Waals surface area (Å²) in [5.74, 6) is 0.419. The van der Waals surface area contributed by atoms with E-state index in [4.69, 9.17) is 9.47 Å². The molecular weight excluding hydrogens is 322 g/mol. The maximum Gasteiger partial charge on any atom is 0.410 e. The molecule has 1 fully saturated rings. The molecule has 0 bridgehead atoms. The molecule has 0 aliphatic carbocycles. The van der Waals surface area contributed by atoms with Crippen molar-refractivity contribution in [3.8, 4) is 17.2 Å². The molecule has 25 heavy (non-hydrogen) atoms. The summed E-state index contributed by atoms with van der Waals surface area (Å²) in [4.78, 5) is 13.8. The molecule has 1 amide bonds. The van der Waals surface area contributed by atoms with E-state index in [9.17, 15) is 15.0 Å². The van der Waals surface area contributed by atoms with Crippen LogP contribution in [-0.2, 0) is 11.2 Å². The van der Waals surface area contributed by atoms with Gasteiger partial charge in [-0.1, -0.05) is 24.3 Å². The number of hydrogen-bond acceptors (Lipinski definition) is 5. The molecule has 3 rings (SSSR count). The van der Waals surface area contributed by atoms with E-state index in [-0.39, 0.29) is 29.7 Å². The standard InChI is InChI=1S/C19H21NO5/c1-13(9-14-7-8-17(21)18(22)10-14)20-11-16(25-19(20)23)12-24-15-5-3-2-4-6-15/h2-8,10,13,16,21-22H,9,11-12H2,1H3. The monoisotopic (exact) mass is 343 g/mol. The Balaban J connectivity index is 1.55. The van der Waals surface area contributed by atoms with Gasteiger partial charge in [-0.2, -0.15) is 0 Å². The van der Waals surface area contributed by atoms with Crippen LogP contribution in [0.5, 0.6) is 17.2 Å². The van der Waals surface area contributed by atoms with Crippen LogP contribution in [0.25, 0.3) is 0 Å². The SMILES string of the molecule is CC(Cc1ccc(O)c(O)c1)N1CC(COc2ccccc2)OC1=O.